The standard InChI is InChI=1S/C18H28BrN5OS/c1-13(26-16-5-3-14(19)4-6-16)11-22-18(21-2)23-15-7-9-24(10-8-15)12-17(20)25/h3-6,13,15H,7-12H2,1-2H3,(H2,20,25)(H2,21,22,23). The molecule has 1 amide bonds. The molecule has 1 aromatic carbocycles. The van der Waals surface area contributed by atoms with E-state index >= 15 is 0 Å². The Hall–Kier alpha value is -1.25. The van der Waals surface area contributed by atoms with E-state index in [1.807, 2.05) is 11.8 Å². The number of aliphatic imine (C=N–C) groups is 1. The number of nitrogens with two attached hydrogens (primary N) is 1. The van der Waals surface area contributed by atoms with Crippen molar-refractivity contribution in [1.82, 2.24) is 15.5 Å². The van der Waals surface area contributed by atoms with Gasteiger partial charge in [0.05, 0.1) is 6.54 Å². The fraction of sp³-hybridized carbons (Fsp3) is 0.556. The molecule has 4 N–H and O–H groups in total. The summed E-state index contributed by atoms with van der Waals surface area (Å²) in [4.78, 5) is 18.7. The highest BCUT2D eigenvalue weighted by molar-refractivity contribution is 9.10. The minimum absolute atomic E-state index is 0.258. The van der Waals surface area contributed by atoms with E-state index in [2.05, 4.69) is 67.6 Å². The van der Waals surface area contributed by atoms with Crippen LogP contribution in [0.15, 0.2) is 38.6 Å². The lowest BCUT2D eigenvalue weighted by atomic mass is 10.1. The summed E-state index contributed by atoms with van der Waals surface area (Å²) < 4.78 is 1.10. The van der Waals surface area contributed by atoms with E-state index in [0.717, 1.165) is 42.9 Å². The van der Waals surface area contributed by atoms with Gasteiger partial charge in [0, 0.05) is 47.3 Å². The van der Waals surface area contributed by atoms with E-state index in [-0.39, 0.29) is 5.91 Å². The summed E-state index contributed by atoms with van der Waals surface area (Å²) in [7, 11) is 1.80. The van der Waals surface area contributed by atoms with Gasteiger partial charge in [-0.3, -0.25) is 14.7 Å². The van der Waals surface area contributed by atoms with Gasteiger partial charge < -0.3 is 16.4 Å². The van der Waals surface area contributed by atoms with E-state index in [4.69, 9.17) is 5.73 Å². The number of nitrogens with one attached hydrogen (secondary N) is 2. The molecule has 26 heavy (non-hydrogen) atoms. The average Bonchev–Trinajstić information content (AvgIpc) is 2.61. The minimum atomic E-state index is -0.258. The number of thioether (sulfide) groups is 1. The molecule has 1 unspecified atom stereocenters. The van der Waals surface area contributed by atoms with Crippen molar-refractivity contribution in [2.45, 2.75) is 36.0 Å². The van der Waals surface area contributed by atoms with Crippen molar-refractivity contribution in [2.24, 2.45) is 10.7 Å². The van der Waals surface area contributed by atoms with Crippen molar-refractivity contribution < 1.29 is 4.79 Å². The van der Waals surface area contributed by atoms with E-state index in [0.29, 0.717) is 17.8 Å². The zero-order valence-electron chi connectivity index (χ0n) is 15.4. The van der Waals surface area contributed by atoms with Crippen molar-refractivity contribution in [2.75, 3.05) is 33.2 Å². The van der Waals surface area contributed by atoms with Crippen molar-refractivity contribution in [3.63, 3.8) is 0 Å². The number of piperidine rings is 1. The zero-order valence-corrected chi connectivity index (χ0v) is 17.8. The normalized spacial score (nSPS) is 17.7. The molecule has 0 aliphatic carbocycles. The van der Waals surface area contributed by atoms with Crippen LogP contribution in [-0.4, -0.2) is 61.3 Å². The lowest BCUT2D eigenvalue weighted by Crippen LogP contribution is -2.50. The lowest BCUT2D eigenvalue weighted by molar-refractivity contribution is -0.119. The van der Waals surface area contributed by atoms with Crippen LogP contribution in [0.25, 0.3) is 0 Å². The summed E-state index contributed by atoms with van der Waals surface area (Å²) in [5.74, 6) is 0.577. The summed E-state index contributed by atoms with van der Waals surface area (Å²) in [5.41, 5.74) is 5.26. The first-order valence-corrected chi connectivity index (χ1v) is 10.5. The molecule has 1 fully saturated rings. The molecule has 1 heterocycles. The number of carbonyl (C=O) groups is 1. The van der Waals surface area contributed by atoms with Crippen LogP contribution in [0.2, 0.25) is 0 Å². The molecule has 0 bridgehead atoms. The Kier molecular flexibility index (Phi) is 8.74. The molecular weight excluding hydrogens is 414 g/mol. The van der Waals surface area contributed by atoms with Crippen LogP contribution in [0.1, 0.15) is 19.8 Å². The Bertz CT molecular complexity index is 602. The number of hydrogen-bond acceptors (Lipinski definition) is 4. The molecule has 2 rings (SSSR count). The second-order valence-corrected chi connectivity index (χ2v) is 8.92. The fourth-order valence-electron chi connectivity index (χ4n) is 2.87. The third-order valence-corrected chi connectivity index (χ3v) is 5.88. The molecule has 6 nitrogen and oxygen atoms in total. The van der Waals surface area contributed by atoms with E-state index in [9.17, 15) is 4.79 Å². The van der Waals surface area contributed by atoms with E-state index in [1.165, 1.54) is 4.90 Å². The van der Waals surface area contributed by atoms with Crippen LogP contribution in [0.4, 0.5) is 0 Å². The molecule has 8 heteroatoms. The van der Waals surface area contributed by atoms with Crippen LogP contribution < -0.4 is 16.4 Å². The van der Waals surface area contributed by atoms with Crippen molar-refractivity contribution >= 4 is 39.6 Å². The van der Waals surface area contributed by atoms with Crippen LogP contribution in [0.3, 0.4) is 0 Å². The van der Waals surface area contributed by atoms with Gasteiger partial charge in [-0.15, -0.1) is 11.8 Å². The zero-order chi connectivity index (χ0) is 18.9. The second-order valence-electron chi connectivity index (χ2n) is 6.50. The van der Waals surface area contributed by atoms with E-state index in [1.54, 1.807) is 7.05 Å². The number of carbonyl (C=O) groups excluding carboxylic acids is 1. The van der Waals surface area contributed by atoms with Crippen molar-refractivity contribution in [3.05, 3.63) is 28.7 Å². The van der Waals surface area contributed by atoms with Gasteiger partial charge in [-0.05, 0) is 37.1 Å². The molecule has 1 saturated heterocycles. The Morgan fingerprint density at radius 2 is 2.04 bits per heavy atom. The number of benzene rings is 1. The summed E-state index contributed by atoms with van der Waals surface area (Å²) in [6.45, 7) is 5.15. The van der Waals surface area contributed by atoms with Gasteiger partial charge >= 0.3 is 0 Å². The number of guanidine groups is 1. The smallest absolute Gasteiger partial charge is 0.231 e. The SMILES string of the molecule is CN=C(NCC(C)Sc1ccc(Br)cc1)NC1CCN(CC(N)=O)CC1. The molecule has 0 aromatic heterocycles. The highest BCUT2D eigenvalue weighted by Crippen LogP contribution is 2.24. The number of hydrogen-bond donors (Lipinski definition) is 3. The number of likely N-dealkylation sites (tertiary alicyclic amines) is 1. The first kappa shape index (κ1) is 21.1. The second kappa shape index (κ2) is 10.8. The van der Waals surface area contributed by atoms with Gasteiger partial charge in [0.15, 0.2) is 5.96 Å². The maximum absolute atomic E-state index is 11.0. The number of rotatable bonds is 7. The molecule has 1 aliphatic rings. The minimum Gasteiger partial charge on any atom is -0.369 e. The van der Waals surface area contributed by atoms with Crippen LogP contribution >= 0.6 is 27.7 Å². The Balaban J connectivity index is 1.70. The molecule has 1 aliphatic heterocycles. The van der Waals surface area contributed by atoms with Gasteiger partial charge in [-0.1, -0.05) is 22.9 Å². The number of primary amides is 1. The molecule has 1 aromatic rings. The van der Waals surface area contributed by atoms with Gasteiger partial charge in [-0.25, -0.2) is 0 Å². The number of halogens is 1. The molecule has 0 saturated carbocycles. The largest absolute Gasteiger partial charge is 0.369 e. The number of amides is 1. The molecular formula is C18H28BrN5OS. The maximum Gasteiger partial charge on any atom is 0.231 e. The fourth-order valence-corrected chi connectivity index (χ4v) is 4.06. The van der Waals surface area contributed by atoms with Crippen LogP contribution in [0.5, 0.6) is 0 Å². The summed E-state index contributed by atoms with van der Waals surface area (Å²) in [5, 5.41) is 7.32. The number of nitrogens with zero attached hydrogens (tertiary/aromatic N) is 2. The lowest BCUT2D eigenvalue weighted by Gasteiger charge is -2.32. The van der Waals surface area contributed by atoms with Gasteiger partial charge in [0.25, 0.3) is 0 Å². The van der Waals surface area contributed by atoms with E-state index < -0.39 is 0 Å². The van der Waals surface area contributed by atoms with Crippen LogP contribution in [0, 0.1) is 0 Å². The van der Waals surface area contributed by atoms with Gasteiger partial charge in [-0.2, -0.15) is 0 Å². The van der Waals surface area contributed by atoms with Crippen molar-refractivity contribution in [3.8, 4) is 0 Å². The van der Waals surface area contributed by atoms with Gasteiger partial charge in [0.2, 0.25) is 5.91 Å². The Labute approximate surface area is 168 Å². The molecule has 0 spiro atoms. The summed E-state index contributed by atoms with van der Waals surface area (Å²) in [6.07, 6.45) is 1.97. The first-order valence-electron chi connectivity index (χ1n) is 8.86. The quantitative estimate of drug-likeness (QED) is 0.342. The van der Waals surface area contributed by atoms with Crippen LogP contribution in [-0.2, 0) is 4.79 Å². The summed E-state index contributed by atoms with van der Waals surface area (Å²) in [6, 6.07) is 8.75. The third kappa shape index (κ3) is 7.55. The molecule has 0 radical (unpaired) electrons. The van der Waals surface area contributed by atoms with Gasteiger partial charge in [0.1, 0.15) is 0 Å². The maximum atomic E-state index is 11.0. The predicted octanol–water partition coefficient (Wildman–Crippen LogP) is 2.04. The highest BCUT2D eigenvalue weighted by atomic mass is 79.9. The first-order chi connectivity index (χ1) is 12.5. The highest BCUT2D eigenvalue weighted by Gasteiger charge is 2.20. The topological polar surface area (TPSA) is 82.8 Å². The van der Waals surface area contributed by atoms with Crippen molar-refractivity contribution in [1.29, 1.82) is 0 Å². The average molecular weight is 442 g/mol. The Morgan fingerprint density at radius 1 is 1.38 bits per heavy atom. The predicted molar refractivity (Wildman–Crippen MR) is 113 cm³/mol. The molecule has 144 valence electrons. The Morgan fingerprint density at radius 3 is 2.62 bits per heavy atom. The monoisotopic (exact) mass is 441 g/mol. The third-order valence-electron chi connectivity index (χ3n) is 4.24. The molecule has 1 atom stereocenters. The summed E-state index contributed by atoms with van der Waals surface area (Å²) >= 11 is 5.30.